The maximum atomic E-state index is 14.2. The lowest BCUT2D eigenvalue weighted by Crippen LogP contribution is -2.60. The SMILES string of the molecule is CN(c1ccccc1S(=O)(=O)C1(C(N)=O)C=CC(C2=CCC(=O)CC2)=CC1[N+](=O)[O-])C1CCOCC1. The van der Waals surface area contributed by atoms with Gasteiger partial charge >= 0.3 is 0 Å². The summed E-state index contributed by atoms with van der Waals surface area (Å²) in [6.07, 6.45) is 7.57. The largest absolute Gasteiger partial charge is 0.381 e. The zero-order chi connectivity index (χ0) is 26.1. The number of rotatable bonds is 7. The molecule has 0 spiro atoms. The first-order valence-corrected chi connectivity index (χ1v) is 13.3. The molecule has 4 rings (SSSR count). The Morgan fingerprint density at radius 3 is 2.53 bits per heavy atom. The number of allylic oxidation sites excluding steroid dienone is 4. The van der Waals surface area contributed by atoms with Crippen molar-refractivity contribution in [2.45, 2.75) is 53.8 Å². The maximum Gasteiger partial charge on any atom is 0.264 e. The number of nitro groups is 1. The van der Waals surface area contributed by atoms with Crippen LogP contribution < -0.4 is 10.6 Å². The zero-order valence-corrected chi connectivity index (χ0v) is 20.8. The second kappa shape index (κ2) is 9.98. The molecule has 0 radical (unpaired) electrons. The van der Waals surface area contributed by atoms with Crippen molar-refractivity contribution in [2.75, 3.05) is 25.2 Å². The van der Waals surface area contributed by atoms with E-state index in [4.69, 9.17) is 10.5 Å². The highest BCUT2D eigenvalue weighted by Gasteiger charge is 2.61. The Balaban J connectivity index is 1.82. The first kappa shape index (κ1) is 25.8. The lowest BCUT2D eigenvalue weighted by Gasteiger charge is -2.36. The van der Waals surface area contributed by atoms with Gasteiger partial charge in [-0.2, -0.15) is 0 Å². The van der Waals surface area contributed by atoms with Gasteiger partial charge in [-0.1, -0.05) is 24.3 Å². The number of amides is 1. The van der Waals surface area contributed by atoms with E-state index in [0.717, 1.165) is 6.08 Å². The van der Waals surface area contributed by atoms with Gasteiger partial charge in [-0.25, -0.2) is 8.42 Å². The third-order valence-corrected chi connectivity index (χ3v) is 9.63. The molecule has 10 nitrogen and oxygen atoms in total. The van der Waals surface area contributed by atoms with Crippen molar-refractivity contribution < 1.29 is 27.7 Å². The molecule has 192 valence electrons. The number of carbonyl (C=O) groups excluding carboxylic acids is 2. The monoisotopic (exact) mass is 515 g/mol. The van der Waals surface area contributed by atoms with Gasteiger partial charge in [-0.15, -0.1) is 0 Å². The smallest absolute Gasteiger partial charge is 0.264 e. The second-order valence-electron chi connectivity index (χ2n) is 9.24. The number of Topliss-reactive ketones (excluding diaryl/α,β-unsaturated/α-hetero) is 1. The number of ether oxygens (including phenoxy) is 1. The Hall–Kier alpha value is -3.31. The van der Waals surface area contributed by atoms with E-state index < -0.39 is 31.5 Å². The summed E-state index contributed by atoms with van der Waals surface area (Å²) in [6, 6.07) is 4.22. The number of hydrogen-bond acceptors (Lipinski definition) is 8. The van der Waals surface area contributed by atoms with Crippen LogP contribution in [0.4, 0.5) is 5.69 Å². The molecular formula is C25H29N3O7S. The highest BCUT2D eigenvalue weighted by atomic mass is 32.2. The minimum absolute atomic E-state index is 0.000265. The number of carbonyl (C=O) groups is 2. The molecule has 1 amide bonds. The van der Waals surface area contributed by atoms with Gasteiger partial charge in [0.15, 0.2) is 0 Å². The van der Waals surface area contributed by atoms with Crippen molar-refractivity contribution in [1.82, 2.24) is 0 Å². The molecule has 2 N–H and O–H groups in total. The average Bonchev–Trinajstić information content (AvgIpc) is 2.88. The highest BCUT2D eigenvalue weighted by molar-refractivity contribution is 7.94. The van der Waals surface area contributed by atoms with Gasteiger partial charge in [-0.05, 0) is 54.7 Å². The molecule has 2 unspecified atom stereocenters. The van der Waals surface area contributed by atoms with E-state index >= 15 is 0 Å². The van der Waals surface area contributed by atoms with Gasteiger partial charge in [-0.3, -0.25) is 19.7 Å². The quantitative estimate of drug-likeness (QED) is 0.429. The van der Waals surface area contributed by atoms with Crippen LogP contribution in [0.15, 0.2) is 64.6 Å². The maximum absolute atomic E-state index is 14.2. The molecule has 1 aromatic rings. The molecule has 0 aromatic heterocycles. The summed E-state index contributed by atoms with van der Waals surface area (Å²) >= 11 is 0. The van der Waals surface area contributed by atoms with Crippen LogP contribution in [0, 0.1) is 10.1 Å². The molecule has 1 heterocycles. The lowest BCUT2D eigenvalue weighted by molar-refractivity contribution is -0.511. The third kappa shape index (κ3) is 4.37. The molecule has 0 saturated carbocycles. The van der Waals surface area contributed by atoms with Gasteiger partial charge in [0.2, 0.25) is 14.6 Å². The predicted octanol–water partition coefficient (Wildman–Crippen LogP) is 2.12. The molecule has 2 atom stereocenters. The summed E-state index contributed by atoms with van der Waals surface area (Å²) in [5.41, 5.74) is 7.13. The van der Waals surface area contributed by atoms with E-state index in [1.54, 1.807) is 25.3 Å². The Morgan fingerprint density at radius 1 is 1.22 bits per heavy atom. The van der Waals surface area contributed by atoms with E-state index in [-0.39, 0.29) is 23.1 Å². The van der Waals surface area contributed by atoms with Crippen molar-refractivity contribution in [3.8, 4) is 0 Å². The number of primary amides is 1. The molecule has 2 aliphatic carbocycles. The molecule has 1 fully saturated rings. The summed E-state index contributed by atoms with van der Waals surface area (Å²) in [5.74, 6) is -1.27. The summed E-state index contributed by atoms with van der Waals surface area (Å²) in [4.78, 5) is 37.6. The highest BCUT2D eigenvalue weighted by Crippen LogP contribution is 2.41. The van der Waals surface area contributed by atoms with Gasteiger partial charge < -0.3 is 15.4 Å². The van der Waals surface area contributed by atoms with Crippen molar-refractivity contribution in [1.29, 1.82) is 0 Å². The molecule has 3 aliphatic rings. The number of nitrogens with zero attached hydrogens (tertiary/aromatic N) is 2. The van der Waals surface area contributed by atoms with Gasteiger partial charge in [0.05, 0.1) is 10.6 Å². The van der Waals surface area contributed by atoms with E-state index in [1.807, 2.05) is 4.90 Å². The number of benzene rings is 1. The second-order valence-corrected chi connectivity index (χ2v) is 11.4. The molecule has 36 heavy (non-hydrogen) atoms. The number of nitrogens with two attached hydrogens (primary N) is 1. The summed E-state index contributed by atoms with van der Waals surface area (Å²) in [7, 11) is -2.93. The van der Waals surface area contributed by atoms with Crippen molar-refractivity contribution in [3.63, 3.8) is 0 Å². The van der Waals surface area contributed by atoms with Gasteiger partial charge in [0.25, 0.3) is 11.9 Å². The van der Waals surface area contributed by atoms with Crippen LogP contribution in [0.25, 0.3) is 0 Å². The van der Waals surface area contributed by atoms with Gasteiger partial charge in [0, 0.05) is 44.1 Å². The van der Waals surface area contributed by atoms with Crippen LogP contribution in [-0.2, 0) is 24.2 Å². The fourth-order valence-corrected chi connectivity index (χ4v) is 7.20. The number of hydrogen-bond donors (Lipinski definition) is 1. The molecular weight excluding hydrogens is 486 g/mol. The van der Waals surface area contributed by atoms with Crippen molar-refractivity contribution >= 4 is 27.2 Å². The minimum atomic E-state index is -4.69. The fraction of sp³-hybridized carbons (Fsp3) is 0.440. The molecule has 1 aliphatic heterocycles. The molecule has 11 heteroatoms. The Morgan fingerprint density at radius 2 is 1.92 bits per heavy atom. The first-order chi connectivity index (χ1) is 17.1. The zero-order valence-electron chi connectivity index (χ0n) is 20.0. The van der Waals surface area contributed by atoms with Crippen LogP contribution >= 0.6 is 0 Å². The van der Waals surface area contributed by atoms with Crippen LogP contribution in [0.3, 0.4) is 0 Å². The Labute approximate surface area is 209 Å². The van der Waals surface area contributed by atoms with E-state index in [2.05, 4.69) is 0 Å². The topological polar surface area (TPSA) is 150 Å². The summed E-state index contributed by atoms with van der Waals surface area (Å²) in [5, 5.41) is 12.3. The number of ketones is 1. The van der Waals surface area contributed by atoms with E-state index in [9.17, 15) is 28.1 Å². The average molecular weight is 516 g/mol. The molecule has 1 aromatic carbocycles. The third-order valence-electron chi connectivity index (χ3n) is 7.24. The molecule has 1 saturated heterocycles. The van der Waals surface area contributed by atoms with Gasteiger partial charge in [0.1, 0.15) is 5.78 Å². The van der Waals surface area contributed by atoms with Crippen LogP contribution in [0.1, 0.15) is 32.1 Å². The summed E-state index contributed by atoms with van der Waals surface area (Å²) in [6.45, 7) is 1.08. The normalized spacial score (nSPS) is 25.1. The summed E-state index contributed by atoms with van der Waals surface area (Å²) < 4.78 is 31.2. The predicted molar refractivity (Wildman–Crippen MR) is 133 cm³/mol. The Kier molecular flexibility index (Phi) is 7.14. The van der Waals surface area contributed by atoms with Crippen molar-refractivity contribution in [3.05, 3.63) is 69.8 Å². The first-order valence-electron chi connectivity index (χ1n) is 11.8. The Bertz CT molecular complexity index is 1280. The van der Waals surface area contributed by atoms with Crippen LogP contribution in [0.2, 0.25) is 0 Å². The number of para-hydroxylation sites is 1. The molecule has 0 bridgehead atoms. The standard InChI is InChI=1S/C25H29N3O7S/c1-27(19-11-14-35-15-12-19)21-4-2-3-5-22(21)36(33,34)25(24(26)30)13-10-18(16-23(25)28(31)32)17-6-8-20(29)9-7-17/h2-6,10,13,16,19,23H,7-9,11-12,14-15H2,1H3,(H2,26,30). The number of sulfone groups is 1. The number of anilines is 1. The van der Waals surface area contributed by atoms with E-state index in [1.165, 1.54) is 24.3 Å². The minimum Gasteiger partial charge on any atom is -0.381 e. The van der Waals surface area contributed by atoms with Crippen LogP contribution in [0.5, 0.6) is 0 Å². The van der Waals surface area contributed by atoms with Crippen molar-refractivity contribution in [2.24, 2.45) is 5.73 Å². The fourth-order valence-electron chi connectivity index (χ4n) is 5.11. The van der Waals surface area contributed by atoms with Crippen LogP contribution in [-0.4, -0.2) is 62.1 Å². The van der Waals surface area contributed by atoms with E-state index in [0.29, 0.717) is 55.7 Å². The lowest BCUT2D eigenvalue weighted by atomic mass is 9.84.